The number of rotatable bonds is 2. The van der Waals surface area contributed by atoms with Crippen LogP contribution in [-0.2, 0) is 4.79 Å². The van der Waals surface area contributed by atoms with Crippen molar-refractivity contribution in [3.63, 3.8) is 0 Å². The van der Waals surface area contributed by atoms with Gasteiger partial charge in [-0.3, -0.25) is 4.79 Å². The van der Waals surface area contributed by atoms with Crippen LogP contribution in [0.5, 0.6) is 0 Å². The fourth-order valence-electron chi connectivity index (χ4n) is 3.26. The molecule has 0 aliphatic heterocycles. The summed E-state index contributed by atoms with van der Waals surface area (Å²) in [5.41, 5.74) is 1.16. The molecule has 1 N–H and O–H groups in total. The van der Waals surface area contributed by atoms with Gasteiger partial charge < -0.3 is 5.11 Å². The average Bonchev–Trinajstić information content (AvgIpc) is 2.46. The van der Waals surface area contributed by atoms with Gasteiger partial charge in [0.05, 0.1) is 5.92 Å². The van der Waals surface area contributed by atoms with Crippen LogP contribution in [0.25, 0.3) is 0 Å². The van der Waals surface area contributed by atoms with Gasteiger partial charge in [-0.15, -0.1) is 0 Å². The molecular formula is C19H34O2. The summed E-state index contributed by atoms with van der Waals surface area (Å²) in [6.07, 6.45) is 17.7. The van der Waals surface area contributed by atoms with Crippen LogP contribution in [0, 0.1) is 11.8 Å². The first kappa shape index (κ1) is 18.3. The fraction of sp³-hybridized carbons (Fsp3) is 0.842. The second-order valence-corrected chi connectivity index (χ2v) is 6.85. The minimum atomic E-state index is -0.675. The molecule has 0 bridgehead atoms. The van der Waals surface area contributed by atoms with Gasteiger partial charge in [0.15, 0.2) is 0 Å². The first-order valence-electron chi connectivity index (χ1n) is 9.04. The maximum Gasteiger partial charge on any atom is 0.310 e. The Balaban J connectivity index is 2.60. The minimum absolute atomic E-state index is 0.317. The molecule has 0 amide bonds. The van der Waals surface area contributed by atoms with Crippen molar-refractivity contribution in [3.8, 4) is 0 Å². The van der Waals surface area contributed by atoms with Gasteiger partial charge in [0.25, 0.3) is 0 Å². The Labute approximate surface area is 131 Å². The molecule has 0 heterocycles. The van der Waals surface area contributed by atoms with Crippen molar-refractivity contribution in [3.05, 3.63) is 11.6 Å². The van der Waals surface area contributed by atoms with E-state index < -0.39 is 5.97 Å². The van der Waals surface area contributed by atoms with E-state index >= 15 is 0 Å². The maximum atomic E-state index is 11.3. The lowest BCUT2D eigenvalue weighted by atomic mass is 9.90. The van der Waals surface area contributed by atoms with Gasteiger partial charge in [0.2, 0.25) is 0 Å². The maximum absolute atomic E-state index is 11.3. The lowest BCUT2D eigenvalue weighted by Crippen LogP contribution is -2.13. The van der Waals surface area contributed by atoms with E-state index in [2.05, 4.69) is 13.0 Å². The topological polar surface area (TPSA) is 37.3 Å². The van der Waals surface area contributed by atoms with Crippen molar-refractivity contribution in [2.75, 3.05) is 0 Å². The van der Waals surface area contributed by atoms with Gasteiger partial charge in [-0.1, -0.05) is 76.4 Å². The lowest BCUT2D eigenvalue weighted by Gasteiger charge is -2.15. The summed E-state index contributed by atoms with van der Waals surface area (Å²) in [6.45, 7) is 4.09. The molecule has 1 rings (SSSR count). The van der Waals surface area contributed by atoms with Crippen LogP contribution in [0.3, 0.4) is 0 Å². The van der Waals surface area contributed by atoms with Crippen LogP contribution in [0.15, 0.2) is 11.6 Å². The molecule has 2 nitrogen and oxygen atoms in total. The number of hydrogen-bond acceptors (Lipinski definition) is 1. The Morgan fingerprint density at radius 3 is 2.00 bits per heavy atom. The Kier molecular flexibility index (Phi) is 9.45. The minimum Gasteiger partial charge on any atom is -0.481 e. The van der Waals surface area contributed by atoms with Crippen LogP contribution in [-0.4, -0.2) is 11.1 Å². The van der Waals surface area contributed by atoms with Crippen LogP contribution in [0.2, 0.25) is 0 Å². The number of aliphatic carboxylic acids is 1. The quantitative estimate of drug-likeness (QED) is 0.637. The SMILES string of the molecule is C[C@H]1/C=C(\[C@@H](C)C(=O)O)CCCCCCCCCCCC1. The zero-order valence-electron chi connectivity index (χ0n) is 14.1. The summed E-state index contributed by atoms with van der Waals surface area (Å²) >= 11 is 0. The molecule has 0 aromatic rings. The van der Waals surface area contributed by atoms with Gasteiger partial charge in [0.1, 0.15) is 0 Å². The van der Waals surface area contributed by atoms with E-state index in [0.717, 1.165) is 18.4 Å². The smallest absolute Gasteiger partial charge is 0.310 e. The van der Waals surface area contributed by atoms with Crippen LogP contribution in [0.1, 0.15) is 90.9 Å². The highest BCUT2D eigenvalue weighted by Crippen LogP contribution is 2.24. The number of hydrogen-bond donors (Lipinski definition) is 1. The molecule has 0 spiro atoms. The fourth-order valence-corrected chi connectivity index (χ4v) is 3.26. The van der Waals surface area contributed by atoms with E-state index in [-0.39, 0.29) is 5.92 Å². The van der Waals surface area contributed by atoms with E-state index in [9.17, 15) is 9.90 Å². The van der Waals surface area contributed by atoms with Gasteiger partial charge in [-0.05, 0) is 32.1 Å². The zero-order chi connectivity index (χ0) is 15.5. The third kappa shape index (κ3) is 8.28. The summed E-state index contributed by atoms with van der Waals surface area (Å²) in [6, 6.07) is 0. The largest absolute Gasteiger partial charge is 0.481 e. The Bertz CT molecular complexity index is 320. The molecule has 21 heavy (non-hydrogen) atoms. The molecule has 0 radical (unpaired) electrons. The molecule has 2 heteroatoms. The van der Waals surface area contributed by atoms with Crippen molar-refractivity contribution >= 4 is 5.97 Å². The molecular weight excluding hydrogens is 260 g/mol. The zero-order valence-corrected chi connectivity index (χ0v) is 14.1. The van der Waals surface area contributed by atoms with E-state index in [0.29, 0.717) is 5.92 Å². The predicted octanol–water partition coefficient (Wildman–Crippen LogP) is 5.96. The van der Waals surface area contributed by atoms with Crippen LogP contribution < -0.4 is 0 Å². The first-order chi connectivity index (χ1) is 10.1. The molecule has 1 aliphatic rings. The standard InChI is InChI=1S/C19H34O2/c1-16-13-11-9-7-5-3-4-6-8-10-12-14-18(15-16)17(2)19(20)21/h15-17H,3-14H2,1-2H3,(H,20,21)/b18-15-/t16-,17-/m1/s1. The lowest BCUT2D eigenvalue weighted by molar-refractivity contribution is -0.139. The molecule has 0 aromatic heterocycles. The highest BCUT2D eigenvalue weighted by Gasteiger charge is 2.17. The van der Waals surface area contributed by atoms with Gasteiger partial charge in [0, 0.05) is 0 Å². The third-order valence-corrected chi connectivity index (χ3v) is 4.80. The molecule has 0 aromatic carbocycles. The number of allylic oxidation sites excluding steroid dienone is 1. The predicted molar refractivity (Wildman–Crippen MR) is 89.5 cm³/mol. The van der Waals surface area contributed by atoms with Crippen LogP contribution in [0.4, 0.5) is 0 Å². The van der Waals surface area contributed by atoms with E-state index in [1.807, 2.05) is 6.92 Å². The first-order valence-corrected chi connectivity index (χ1v) is 9.04. The Hall–Kier alpha value is -0.790. The van der Waals surface area contributed by atoms with Crippen molar-refractivity contribution in [2.24, 2.45) is 11.8 Å². The van der Waals surface area contributed by atoms with Gasteiger partial charge >= 0.3 is 5.97 Å². The summed E-state index contributed by atoms with van der Waals surface area (Å²) in [5.74, 6) is -0.471. The molecule has 0 saturated heterocycles. The van der Waals surface area contributed by atoms with Crippen molar-refractivity contribution in [2.45, 2.75) is 90.9 Å². The summed E-state index contributed by atoms with van der Waals surface area (Å²) < 4.78 is 0. The Morgan fingerprint density at radius 1 is 1.00 bits per heavy atom. The molecule has 122 valence electrons. The van der Waals surface area contributed by atoms with Gasteiger partial charge in [-0.2, -0.15) is 0 Å². The molecule has 0 saturated carbocycles. The Morgan fingerprint density at radius 2 is 1.48 bits per heavy atom. The number of carbonyl (C=O) groups is 1. The molecule has 2 atom stereocenters. The van der Waals surface area contributed by atoms with E-state index in [1.54, 1.807) is 0 Å². The molecule has 1 aliphatic carbocycles. The average molecular weight is 294 g/mol. The highest BCUT2D eigenvalue weighted by atomic mass is 16.4. The summed E-state index contributed by atoms with van der Waals surface area (Å²) in [5, 5.41) is 9.29. The number of carboxylic acids is 1. The van der Waals surface area contributed by atoms with E-state index in [1.165, 1.54) is 64.2 Å². The summed E-state index contributed by atoms with van der Waals surface area (Å²) in [4.78, 5) is 11.3. The monoisotopic (exact) mass is 294 g/mol. The van der Waals surface area contributed by atoms with Gasteiger partial charge in [-0.25, -0.2) is 0 Å². The van der Waals surface area contributed by atoms with Crippen molar-refractivity contribution < 1.29 is 9.90 Å². The van der Waals surface area contributed by atoms with Crippen LogP contribution >= 0.6 is 0 Å². The molecule has 0 unspecified atom stereocenters. The normalized spacial score (nSPS) is 27.7. The van der Waals surface area contributed by atoms with E-state index in [4.69, 9.17) is 0 Å². The van der Waals surface area contributed by atoms with Crippen molar-refractivity contribution in [1.29, 1.82) is 0 Å². The second kappa shape index (κ2) is 10.9. The third-order valence-electron chi connectivity index (χ3n) is 4.80. The summed E-state index contributed by atoms with van der Waals surface area (Å²) in [7, 11) is 0. The van der Waals surface area contributed by atoms with Crippen molar-refractivity contribution in [1.82, 2.24) is 0 Å². The second-order valence-electron chi connectivity index (χ2n) is 6.85. The number of carboxylic acid groups (broad SMARTS) is 1. The molecule has 0 fully saturated rings. The highest BCUT2D eigenvalue weighted by molar-refractivity contribution is 5.73.